The molecule has 1 N–H and O–H groups in total. The van der Waals surface area contributed by atoms with E-state index in [9.17, 15) is 5.11 Å². The van der Waals surface area contributed by atoms with Gasteiger partial charge in [-0.1, -0.05) is 0 Å². The topological polar surface area (TPSA) is 47.3 Å². The van der Waals surface area contributed by atoms with Crippen LogP contribution < -0.4 is 0 Å². The molecule has 0 aromatic carbocycles. The van der Waals surface area contributed by atoms with E-state index in [1.165, 1.54) is 0 Å². The van der Waals surface area contributed by atoms with Crippen LogP contribution in [0, 0.1) is 22.7 Å². The molecule has 0 saturated carbocycles. The number of nitrogens with zero attached hydrogens (tertiary/aromatic N) is 2. The monoisotopic (exact) mass is 210 g/mol. The minimum absolute atomic E-state index is 0.195. The second kappa shape index (κ2) is 4.96. The molecule has 0 spiro atoms. The Morgan fingerprint density at radius 2 is 2.27 bits per heavy atom. The molecule has 0 amide bonds. The maximum absolute atomic E-state index is 9.47. The van der Waals surface area contributed by atoms with Crippen LogP contribution in [0.1, 0.15) is 33.6 Å². The van der Waals surface area contributed by atoms with Crippen LogP contribution in [0.15, 0.2) is 0 Å². The van der Waals surface area contributed by atoms with E-state index >= 15 is 0 Å². The Kier molecular flexibility index (Phi) is 4.12. The molecular weight excluding hydrogens is 188 g/mol. The van der Waals surface area contributed by atoms with E-state index in [0.29, 0.717) is 5.92 Å². The zero-order valence-corrected chi connectivity index (χ0v) is 10.0. The molecule has 0 aromatic heterocycles. The molecule has 3 nitrogen and oxygen atoms in total. The first-order chi connectivity index (χ1) is 6.94. The van der Waals surface area contributed by atoms with Crippen molar-refractivity contribution in [3.63, 3.8) is 0 Å². The Hall–Kier alpha value is -0.590. The highest BCUT2D eigenvalue weighted by molar-refractivity contribution is 4.92. The van der Waals surface area contributed by atoms with Gasteiger partial charge in [0.25, 0.3) is 0 Å². The third-order valence-corrected chi connectivity index (χ3v) is 3.35. The van der Waals surface area contributed by atoms with E-state index in [-0.39, 0.29) is 11.5 Å². The molecule has 15 heavy (non-hydrogen) atoms. The van der Waals surface area contributed by atoms with Gasteiger partial charge in [0.15, 0.2) is 0 Å². The lowest BCUT2D eigenvalue weighted by Gasteiger charge is -2.21. The van der Waals surface area contributed by atoms with Crippen LogP contribution in [-0.4, -0.2) is 35.7 Å². The normalized spacial score (nSPS) is 25.1. The van der Waals surface area contributed by atoms with Crippen molar-refractivity contribution in [2.75, 3.05) is 19.6 Å². The van der Waals surface area contributed by atoms with Crippen LogP contribution in [0.3, 0.4) is 0 Å². The number of rotatable bonds is 4. The molecule has 2 atom stereocenters. The van der Waals surface area contributed by atoms with E-state index in [1.807, 2.05) is 20.8 Å². The molecule has 3 heteroatoms. The third kappa shape index (κ3) is 3.81. The van der Waals surface area contributed by atoms with Crippen LogP contribution in [0.4, 0.5) is 0 Å². The van der Waals surface area contributed by atoms with Gasteiger partial charge in [-0.3, -0.25) is 0 Å². The first-order valence-electron chi connectivity index (χ1n) is 5.76. The minimum atomic E-state index is -0.219. The Balaban J connectivity index is 2.29. The molecule has 0 radical (unpaired) electrons. The number of likely N-dealkylation sites (tertiary alicyclic amines) is 1. The summed E-state index contributed by atoms with van der Waals surface area (Å²) in [5.41, 5.74) is -0.219. The molecule has 0 aliphatic carbocycles. The van der Waals surface area contributed by atoms with E-state index in [1.54, 1.807) is 0 Å². The number of hydrogen-bond donors (Lipinski definition) is 1. The molecule has 1 heterocycles. The zero-order valence-electron chi connectivity index (χ0n) is 10.0. The standard InChI is InChI=1S/C12H22N2O/c1-10(15)11-4-6-14(8-11)7-5-12(2,3)9-13/h10-11,15H,4-8H2,1-3H3. The summed E-state index contributed by atoms with van der Waals surface area (Å²) >= 11 is 0. The molecule has 2 unspecified atom stereocenters. The minimum Gasteiger partial charge on any atom is -0.393 e. The highest BCUT2D eigenvalue weighted by Gasteiger charge is 2.27. The van der Waals surface area contributed by atoms with Crippen molar-refractivity contribution in [3.8, 4) is 6.07 Å². The molecule has 0 bridgehead atoms. The molecule has 1 saturated heterocycles. The van der Waals surface area contributed by atoms with Gasteiger partial charge in [-0.25, -0.2) is 0 Å². The average molecular weight is 210 g/mol. The van der Waals surface area contributed by atoms with Gasteiger partial charge in [-0.05, 0) is 52.6 Å². The van der Waals surface area contributed by atoms with Crippen molar-refractivity contribution in [1.29, 1.82) is 5.26 Å². The van der Waals surface area contributed by atoms with Crippen molar-refractivity contribution >= 4 is 0 Å². The van der Waals surface area contributed by atoms with Crippen LogP contribution >= 0.6 is 0 Å². The van der Waals surface area contributed by atoms with Crippen molar-refractivity contribution in [3.05, 3.63) is 0 Å². The quantitative estimate of drug-likeness (QED) is 0.767. The molecule has 1 aliphatic heterocycles. The summed E-state index contributed by atoms with van der Waals surface area (Å²) in [6.07, 6.45) is 1.81. The molecule has 1 aliphatic rings. The number of aliphatic hydroxyl groups excluding tert-OH is 1. The van der Waals surface area contributed by atoms with Crippen molar-refractivity contribution in [1.82, 2.24) is 4.90 Å². The average Bonchev–Trinajstić information content (AvgIpc) is 2.63. The van der Waals surface area contributed by atoms with Gasteiger partial charge < -0.3 is 10.0 Å². The molecule has 1 rings (SSSR count). The predicted molar refractivity (Wildman–Crippen MR) is 60.2 cm³/mol. The van der Waals surface area contributed by atoms with Crippen molar-refractivity contribution < 1.29 is 5.11 Å². The fourth-order valence-electron chi connectivity index (χ4n) is 1.95. The summed E-state index contributed by atoms with van der Waals surface area (Å²) in [5.74, 6) is 0.426. The van der Waals surface area contributed by atoms with Gasteiger partial charge in [-0.2, -0.15) is 5.26 Å². The molecule has 86 valence electrons. The van der Waals surface area contributed by atoms with E-state index < -0.39 is 0 Å². The third-order valence-electron chi connectivity index (χ3n) is 3.35. The first-order valence-corrected chi connectivity index (χ1v) is 5.76. The summed E-state index contributed by atoms with van der Waals surface area (Å²) in [5, 5.41) is 18.4. The SMILES string of the molecule is CC(O)C1CCN(CCC(C)(C)C#N)C1. The lowest BCUT2D eigenvalue weighted by atomic mass is 9.91. The highest BCUT2D eigenvalue weighted by atomic mass is 16.3. The summed E-state index contributed by atoms with van der Waals surface area (Å²) in [6.45, 7) is 8.86. The second-order valence-electron chi connectivity index (χ2n) is 5.34. The maximum atomic E-state index is 9.47. The van der Waals surface area contributed by atoms with E-state index in [2.05, 4.69) is 11.0 Å². The predicted octanol–water partition coefficient (Wildman–Crippen LogP) is 1.63. The van der Waals surface area contributed by atoms with E-state index in [4.69, 9.17) is 5.26 Å². The summed E-state index contributed by atoms with van der Waals surface area (Å²) in [7, 11) is 0. The van der Waals surface area contributed by atoms with Crippen molar-refractivity contribution in [2.45, 2.75) is 39.7 Å². The summed E-state index contributed by atoms with van der Waals surface area (Å²) in [6, 6.07) is 2.32. The van der Waals surface area contributed by atoms with Crippen LogP contribution in [0.2, 0.25) is 0 Å². The van der Waals surface area contributed by atoms with Gasteiger partial charge in [0.2, 0.25) is 0 Å². The van der Waals surface area contributed by atoms with Crippen LogP contribution in [0.5, 0.6) is 0 Å². The molecular formula is C12H22N2O. The molecule has 0 aromatic rings. The number of nitriles is 1. The lowest BCUT2D eigenvalue weighted by molar-refractivity contribution is 0.127. The van der Waals surface area contributed by atoms with E-state index in [0.717, 1.165) is 32.5 Å². The number of aliphatic hydroxyl groups is 1. The molecule has 1 fully saturated rings. The van der Waals surface area contributed by atoms with Gasteiger partial charge in [0.05, 0.1) is 17.6 Å². The smallest absolute Gasteiger partial charge is 0.0684 e. The lowest BCUT2D eigenvalue weighted by Crippen LogP contribution is -2.27. The second-order valence-corrected chi connectivity index (χ2v) is 5.34. The summed E-state index contributed by atoms with van der Waals surface area (Å²) in [4.78, 5) is 2.36. The van der Waals surface area contributed by atoms with Crippen LogP contribution in [-0.2, 0) is 0 Å². The Bertz CT molecular complexity index is 242. The Morgan fingerprint density at radius 1 is 1.60 bits per heavy atom. The Morgan fingerprint density at radius 3 is 2.73 bits per heavy atom. The highest BCUT2D eigenvalue weighted by Crippen LogP contribution is 2.23. The fourth-order valence-corrected chi connectivity index (χ4v) is 1.95. The maximum Gasteiger partial charge on any atom is 0.0684 e. The van der Waals surface area contributed by atoms with Gasteiger partial charge in [0.1, 0.15) is 0 Å². The van der Waals surface area contributed by atoms with Gasteiger partial charge in [0, 0.05) is 6.54 Å². The fraction of sp³-hybridized carbons (Fsp3) is 0.917. The first kappa shape index (κ1) is 12.5. The largest absolute Gasteiger partial charge is 0.393 e. The number of hydrogen-bond acceptors (Lipinski definition) is 3. The zero-order chi connectivity index (χ0) is 11.5. The van der Waals surface area contributed by atoms with Gasteiger partial charge in [-0.15, -0.1) is 0 Å². The van der Waals surface area contributed by atoms with Gasteiger partial charge >= 0.3 is 0 Å². The Labute approximate surface area is 92.7 Å². The van der Waals surface area contributed by atoms with Crippen molar-refractivity contribution in [2.24, 2.45) is 11.3 Å². The van der Waals surface area contributed by atoms with Crippen LogP contribution in [0.25, 0.3) is 0 Å². The summed E-state index contributed by atoms with van der Waals surface area (Å²) < 4.78 is 0.